The van der Waals surface area contributed by atoms with E-state index in [1.807, 2.05) is 32.0 Å². The lowest BCUT2D eigenvalue weighted by Crippen LogP contribution is -2.42. The molecule has 11 heteroatoms. The predicted octanol–water partition coefficient (Wildman–Crippen LogP) is 3.49. The summed E-state index contributed by atoms with van der Waals surface area (Å²) in [5.41, 5.74) is 1.59. The SMILES string of the molecule is COc1ccc(CCN(C)C(=O)Cc2csc(NC(=O)CN(C(=O)c3ccco3)C(C)C)n2)cc1OC. The summed E-state index contributed by atoms with van der Waals surface area (Å²) >= 11 is 1.23. The minimum Gasteiger partial charge on any atom is -0.493 e. The van der Waals surface area contributed by atoms with Crippen LogP contribution in [-0.2, 0) is 22.4 Å². The zero-order valence-electron chi connectivity index (χ0n) is 21.6. The first-order valence-electron chi connectivity index (χ1n) is 11.8. The quantitative estimate of drug-likeness (QED) is 0.383. The molecule has 0 fully saturated rings. The Balaban J connectivity index is 1.50. The van der Waals surface area contributed by atoms with Gasteiger partial charge in [-0.05, 0) is 50.1 Å². The number of furan rings is 1. The molecule has 0 spiro atoms. The van der Waals surface area contributed by atoms with Crippen LogP contribution in [0.25, 0.3) is 0 Å². The molecule has 198 valence electrons. The number of rotatable bonds is 12. The van der Waals surface area contributed by atoms with Crippen molar-refractivity contribution < 1.29 is 28.3 Å². The van der Waals surface area contributed by atoms with Gasteiger partial charge < -0.3 is 29.0 Å². The molecule has 0 aliphatic rings. The molecular formula is C26H32N4O6S. The molecule has 10 nitrogen and oxygen atoms in total. The molecule has 0 saturated carbocycles. The highest BCUT2D eigenvalue weighted by Gasteiger charge is 2.24. The van der Waals surface area contributed by atoms with Crippen molar-refractivity contribution in [3.63, 3.8) is 0 Å². The van der Waals surface area contributed by atoms with Crippen molar-refractivity contribution in [1.82, 2.24) is 14.8 Å². The van der Waals surface area contributed by atoms with Crippen molar-refractivity contribution in [1.29, 1.82) is 0 Å². The molecule has 3 aromatic rings. The monoisotopic (exact) mass is 528 g/mol. The van der Waals surface area contributed by atoms with Gasteiger partial charge in [-0.2, -0.15) is 0 Å². The lowest BCUT2D eigenvalue weighted by molar-refractivity contribution is -0.129. The fraction of sp³-hybridized carbons (Fsp3) is 0.385. The Bertz CT molecular complexity index is 1210. The molecule has 3 amide bonds. The first kappa shape index (κ1) is 27.7. The van der Waals surface area contributed by atoms with Gasteiger partial charge >= 0.3 is 0 Å². The van der Waals surface area contributed by atoms with Crippen LogP contribution in [0.5, 0.6) is 11.5 Å². The maximum absolute atomic E-state index is 12.7. The van der Waals surface area contributed by atoms with Gasteiger partial charge in [0.15, 0.2) is 22.4 Å². The van der Waals surface area contributed by atoms with Crippen LogP contribution in [0.1, 0.15) is 35.7 Å². The molecule has 0 aliphatic heterocycles. The molecule has 2 aromatic heterocycles. The standard InChI is InChI=1S/C26H32N4O6S/c1-17(2)30(25(33)21-7-6-12-36-21)15-23(31)28-26-27-19(16-37-26)14-24(32)29(3)11-10-18-8-9-20(34-4)22(13-18)35-5/h6-9,12-13,16-17H,10-11,14-15H2,1-5H3,(H,27,28,31). The summed E-state index contributed by atoms with van der Waals surface area (Å²) in [4.78, 5) is 45.3. The first-order valence-corrected chi connectivity index (χ1v) is 12.6. The van der Waals surface area contributed by atoms with Crippen molar-refractivity contribution in [3.8, 4) is 11.5 Å². The van der Waals surface area contributed by atoms with Crippen LogP contribution >= 0.6 is 11.3 Å². The van der Waals surface area contributed by atoms with E-state index in [0.29, 0.717) is 35.3 Å². The predicted molar refractivity (Wildman–Crippen MR) is 140 cm³/mol. The van der Waals surface area contributed by atoms with Gasteiger partial charge in [0.05, 0.1) is 32.6 Å². The van der Waals surface area contributed by atoms with E-state index in [2.05, 4.69) is 10.3 Å². The molecule has 0 bridgehead atoms. The molecule has 0 unspecified atom stereocenters. The van der Waals surface area contributed by atoms with Gasteiger partial charge in [0.25, 0.3) is 5.91 Å². The van der Waals surface area contributed by atoms with E-state index in [-0.39, 0.29) is 42.5 Å². The summed E-state index contributed by atoms with van der Waals surface area (Å²) in [6.07, 6.45) is 2.19. The van der Waals surface area contributed by atoms with Crippen LogP contribution in [-0.4, -0.2) is 72.9 Å². The zero-order chi connectivity index (χ0) is 26.9. The Labute approximate surface area is 220 Å². The van der Waals surface area contributed by atoms with Gasteiger partial charge in [-0.25, -0.2) is 4.98 Å². The minimum atomic E-state index is -0.382. The van der Waals surface area contributed by atoms with Crippen molar-refractivity contribution in [2.24, 2.45) is 0 Å². The molecule has 2 heterocycles. The Kier molecular flexibility index (Phi) is 9.67. The highest BCUT2D eigenvalue weighted by molar-refractivity contribution is 7.13. The third kappa shape index (κ3) is 7.56. The van der Waals surface area contributed by atoms with E-state index < -0.39 is 0 Å². The number of ether oxygens (including phenoxy) is 2. The zero-order valence-corrected chi connectivity index (χ0v) is 22.5. The average molecular weight is 529 g/mol. The lowest BCUT2D eigenvalue weighted by Gasteiger charge is -2.24. The Morgan fingerprint density at radius 1 is 1.14 bits per heavy atom. The molecule has 0 saturated heterocycles. The van der Waals surface area contributed by atoms with Crippen LogP contribution in [0.15, 0.2) is 46.4 Å². The maximum atomic E-state index is 12.7. The maximum Gasteiger partial charge on any atom is 0.290 e. The molecule has 1 aromatic carbocycles. The number of carbonyl (C=O) groups excluding carboxylic acids is 3. The number of benzene rings is 1. The third-order valence-corrected chi connectivity index (χ3v) is 6.48. The fourth-order valence-electron chi connectivity index (χ4n) is 3.54. The highest BCUT2D eigenvalue weighted by atomic mass is 32.1. The van der Waals surface area contributed by atoms with Crippen molar-refractivity contribution in [2.75, 3.05) is 39.7 Å². The number of hydrogen-bond acceptors (Lipinski definition) is 8. The van der Waals surface area contributed by atoms with Gasteiger partial charge in [0.2, 0.25) is 11.8 Å². The van der Waals surface area contributed by atoms with E-state index >= 15 is 0 Å². The number of amides is 3. The molecule has 1 N–H and O–H groups in total. The second-order valence-electron chi connectivity index (χ2n) is 8.63. The van der Waals surface area contributed by atoms with Crippen LogP contribution in [0.4, 0.5) is 5.13 Å². The van der Waals surface area contributed by atoms with E-state index in [1.54, 1.807) is 43.7 Å². The Morgan fingerprint density at radius 2 is 1.89 bits per heavy atom. The molecule has 3 rings (SSSR count). The molecular weight excluding hydrogens is 496 g/mol. The lowest BCUT2D eigenvalue weighted by atomic mass is 10.1. The van der Waals surface area contributed by atoms with Gasteiger partial charge in [-0.1, -0.05) is 6.07 Å². The van der Waals surface area contributed by atoms with Gasteiger partial charge in [0.1, 0.15) is 6.54 Å². The summed E-state index contributed by atoms with van der Waals surface area (Å²) in [6, 6.07) is 8.66. The first-order chi connectivity index (χ1) is 17.7. The molecule has 0 radical (unpaired) electrons. The van der Waals surface area contributed by atoms with E-state index in [1.165, 1.54) is 22.5 Å². The topological polar surface area (TPSA) is 114 Å². The summed E-state index contributed by atoms with van der Waals surface area (Å²) < 4.78 is 15.8. The molecule has 0 aliphatic carbocycles. The fourth-order valence-corrected chi connectivity index (χ4v) is 4.26. The van der Waals surface area contributed by atoms with Crippen molar-refractivity contribution >= 4 is 34.2 Å². The molecule has 0 atom stereocenters. The third-order valence-electron chi connectivity index (χ3n) is 5.67. The van der Waals surface area contributed by atoms with Crippen LogP contribution in [0.2, 0.25) is 0 Å². The number of likely N-dealkylation sites (N-methyl/N-ethyl adjacent to an activating group) is 1. The number of aromatic nitrogens is 1. The number of hydrogen-bond donors (Lipinski definition) is 1. The van der Waals surface area contributed by atoms with Gasteiger partial charge in [-0.3, -0.25) is 14.4 Å². The average Bonchev–Trinajstić information content (AvgIpc) is 3.57. The smallest absolute Gasteiger partial charge is 0.290 e. The largest absolute Gasteiger partial charge is 0.493 e. The van der Waals surface area contributed by atoms with Crippen LogP contribution < -0.4 is 14.8 Å². The summed E-state index contributed by atoms with van der Waals surface area (Å²) in [6.45, 7) is 4.02. The number of nitrogens with one attached hydrogen (secondary N) is 1. The van der Waals surface area contributed by atoms with E-state index in [0.717, 1.165) is 5.56 Å². The van der Waals surface area contributed by atoms with Crippen molar-refractivity contribution in [3.05, 3.63) is 59.0 Å². The second kappa shape index (κ2) is 12.9. The van der Waals surface area contributed by atoms with Crippen LogP contribution in [0, 0.1) is 0 Å². The Hall–Kier alpha value is -3.86. The Morgan fingerprint density at radius 3 is 2.54 bits per heavy atom. The number of anilines is 1. The van der Waals surface area contributed by atoms with Gasteiger partial charge in [0, 0.05) is 25.0 Å². The summed E-state index contributed by atoms with van der Waals surface area (Å²) in [5.74, 6) is 0.645. The van der Waals surface area contributed by atoms with E-state index in [9.17, 15) is 14.4 Å². The number of thiazole rings is 1. The van der Waals surface area contributed by atoms with Crippen LogP contribution in [0.3, 0.4) is 0 Å². The highest BCUT2D eigenvalue weighted by Crippen LogP contribution is 2.27. The number of nitrogens with zero attached hydrogens (tertiary/aromatic N) is 3. The minimum absolute atomic E-state index is 0.0846. The summed E-state index contributed by atoms with van der Waals surface area (Å²) in [7, 11) is 4.92. The van der Waals surface area contributed by atoms with Gasteiger partial charge in [-0.15, -0.1) is 11.3 Å². The van der Waals surface area contributed by atoms with E-state index in [4.69, 9.17) is 13.9 Å². The summed E-state index contributed by atoms with van der Waals surface area (Å²) in [5, 5.41) is 4.82. The van der Waals surface area contributed by atoms with Crippen molar-refractivity contribution in [2.45, 2.75) is 32.7 Å². The second-order valence-corrected chi connectivity index (χ2v) is 9.49. The number of methoxy groups -OCH3 is 2. The normalized spacial score (nSPS) is 10.8. The number of carbonyl (C=O) groups is 3. The molecule has 37 heavy (non-hydrogen) atoms.